The van der Waals surface area contributed by atoms with Crippen LogP contribution in [-0.2, 0) is 24.2 Å². The van der Waals surface area contributed by atoms with Gasteiger partial charge in [-0.25, -0.2) is 0 Å². The first-order valence-corrected chi connectivity index (χ1v) is 9.77. The van der Waals surface area contributed by atoms with E-state index in [0.717, 1.165) is 32.2 Å². The summed E-state index contributed by atoms with van der Waals surface area (Å²) in [6, 6.07) is 6.42. The summed E-state index contributed by atoms with van der Waals surface area (Å²) in [6.07, 6.45) is 4.27. The Morgan fingerprint density at radius 2 is 2.15 bits per heavy atom. The second kappa shape index (κ2) is 7.59. The Morgan fingerprint density at radius 3 is 2.88 bits per heavy atom. The number of aromatic hydroxyl groups is 1. The minimum Gasteiger partial charge on any atom is -0.504 e. The van der Waals surface area contributed by atoms with Gasteiger partial charge in [-0.2, -0.15) is 0 Å². The molecule has 0 saturated carbocycles. The van der Waals surface area contributed by atoms with Crippen LogP contribution >= 0.6 is 23.7 Å². The van der Waals surface area contributed by atoms with Crippen molar-refractivity contribution in [1.82, 2.24) is 5.32 Å². The molecule has 0 unspecified atom stereocenters. The maximum atomic E-state index is 11.2. The van der Waals surface area contributed by atoms with Crippen molar-refractivity contribution in [1.29, 1.82) is 0 Å². The number of hydrogen-bond donors (Lipinski definition) is 2. The maximum Gasteiger partial charge on any atom is 0.308 e. The summed E-state index contributed by atoms with van der Waals surface area (Å²) in [6.45, 7) is 4.51. The number of hydrogen-bond acceptors (Lipinski definition) is 5. The molecule has 2 heterocycles. The molecule has 1 aliphatic carbocycles. The Morgan fingerprint density at radius 1 is 1.35 bits per heavy atom. The molecule has 0 fully saturated rings. The highest BCUT2D eigenvalue weighted by atomic mass is 35.5. The van der Waals surface area contributed by atoms with Crippen LogP contribution in [0.15, 0.2) is 18.2 Å². The third-order valence-electron chi connectivity index (χ3n) is 5.19. The zero-order chi connectivity index (χ0) is 17.6. The molecule has 4 rings (SSSR count). The fourth-order valence-electron chi connectivity index (χ4n) is 4.16. The fraction of sp³-hybridized carbons (Fsp3) is 0.450. The average Bonchev–Trinajstić information content (AvgIpc) is 2.98. The number of esters is 1. The molecule has 2 aromatic rings. The lowest BCUT2D eigenvalue weighted by Crippen LogP contribution is -2.42. The van der Waals surface area contributed by atoms with Gasteiger partial charge in [-0.3, -0.25) is 4.79 Å². The smallest absolute Gasteiger partial charge is 0.308 e. The standard InChI is InChI=1S/C20H23NO3S.ClH/c1-3-4-13-8-15-19(25-13)10-21-16-6-5-12-7-18(24-11(2)22)17(23)9-14(12)20(15)16;/h7-9,16,20-21,23H,3-6,10H2,1-2H3;1H/t16-,20+;/m1./s1. The van der Waals surface area contributed by atoms with E-state index in [-0.39, 0.29) is 29.8 Å². The molecule has 6 heteroatoms. The van der Waals surface area contributed by atoms with E-state index >= 15 is 0 Å². The normalized spacial score (nSPS) is 20.4. The molecule has 1 aromatic heterocycles. The zero-order valence-electron chi connectivity index (χ0n) is 15.0. The second-order valence-corrected chi connectivity index (χ2v) is 8.18. The molecule has 0 amide bonds. The van der Waals surface area contributed by atoms with Gasteiger partial charge < -0.3 is 15.2 Å². The van der Waals surface area contributed by atoms with Crippen LogP contribution in [0, 0.1) is 0 Å². The van der Waals surface area contributed by atoms with Gasteiger partial charge in [0.25, 0.3) is 0 Å². The Bertz CT molecular complexity index is 833. The molecular weight excluding hydrogens is 370 g/mol. The molecule has 140 valence electrons. The summed E-state index contributed by atoms with van der Waals surface area (Å²) in [4.78, 5) is 14.1. The molecule has 2 atom stereocenters. The predicted molar refractivity (Wildman–Crippen MR) is 106 cm³/mol. The Labute approximate surface area is 164 Å². The number of ether oxygens (including phenoxy) is 1. The highest BCUT2D eigenvalue weighted by Gasteiger charge is 2.36. The number of benzene rings is 1. The van der Waals surface area contributed by atoms with Crippen molar-refractivity contribution in [2.75, 3.05) is 0 Å². The van der Waals surface area contributed by atoms with E-state index in [1.807, 2.05) is 17.4 Å². The van der Waals surface area contributed by atoms with E-state index in [0.29, 0.717) is 6.04 Å². The number of aryl methyl sites for hydroxylation is 2. The average molecular weight is 394 g/mol. The van der Waals surface area contributed by atoms with Gasteiger partial charge >= 0.3 is 5.97 Å². The van der Waals surface area contributed by atoms with E-state index < -0.39 is 5.97 Å². The molecule has 0 spiro atoms. The lowest BCUT2D eigenvalue weighted by atomic mass is 9.74. The number of thiophene rings is 1. The van der Waals surface area contributed by atoms with Crippen molar-refractivity contribution < 1.29 is 14.6 Å². The molecule has 4 nitrogen and oxygen atoms in total. The first-order chi connectivity index (χ1) is 12.1. The lowest BCUT2D eigenvalue weighted by Gasteiger charge is -2.38. The van der Waals surface area contributed by atoms with Gasteiger partial charge in [0.05, 0.1) is 0 Å². The second-order valence-electron chi connectivity index (χ2n) is 6.96. The van der Waals surface area contributed by atoms with Crippen molar-refractivity contribution in [2.45, 2.75) is 58.0 Å². The molecule has 0 bridgehead atoms. The van der Waals surface area contributed by atoms with E-state index in [1.54, 1.807) is 6.07 Å². The number of phenols is 1. The predicted octanol–water partition coefficient (Wildman–Crippen LogP) is 4.30. The molecule has 2 N–H and O–H groups in total. The van der Waals surface area contributed by atoms with Crippen molar-refractivity contribution in [3.63, 3.8) is 0 Å². The Hall–Kier alpha value is -1.56. The quantitative estimate of drug-likeness (QED) is 0.602. The van der Waals surface area contributed by atoms with Gasteiger partial charge in [0.2, 0.25) is 0 Å². The molecule has 0 radical (unpaired) electrons. The van der Waals surface area contributed by atoms with Crippen LogP contribution in [0.2, 0.25) is 0 Å². The van der Waals surface area contributed by atoms with Crippen molar-refractivity contribution in [3.05, 3.63) is 44.6 Å². The van der Waals surface area contributed by atoms with Crippen molar-refractivity contribution >= 4 is 29.7 Å². The summed E-state index contributed by atoms with van der Waals surface area (Å²) in [5.74, 6) is 0.177. The molecule has 1 aliphatic heterocycles. The summed E-state index contributed by atoms with van der Waals surface area (Å²) in [5, 5.41) is 14.0. The van der Waals surface area contributed by atoms with Crippen LogP contribution in [0.3, 0.4) is 0 Å². The molecule has 1 aromatic carbocycles. The highest BCUT2D eigenvalue weighted by molar-refractivity contribution is 7.12. The topological polar surface area (TPSA) is 58.6 Å². The highest BCUT2D eigenvalue weighted by Crippen LogP contribution is 2.46. The molecule has 0 saturated heterocycles. The van der Waals surface area contributed by atoms with Crippen LogP contribution in [0.4, 0.5) is 0 Å². The third-order valence-corrected chi connectivity index (χ3v) is 6.40. The summed E-state index contributed by atoms with van der Waals surface area (Å²) in [7, 11) is 0. The van der Waals surface area contributed by atoms with E-state index in [9.17, 15) is 9.90 Å². The summed E-state index contributed by atoms with van der Waals surface area (Å²) >= 11 is 1.91. The van der Waals surface area contributed by atoms with E-state index in [4.69, 9.17) is 4.74 Å². The monoisotopic (exact) mass is 393 g/mol. The van der Waals surface area contributed by atoms with Crippen LogP contribution in [0.5, 0.6) is 11.5 Å². The van der Waals surface area contributed by atoms with Crippen molar-refractivity contribution in [3.8, 4) is 11.5 Å². The largest absolute Gasteiger partial charge is 0.504 e. The minimum atomic E-state index is -0.410. The van der Waals surface area contributed by atoms with E-state index in [1.165, 1.54) is 33.4 Å². The van der Waals surface area contributed by atoms with Gasteiger partial charge in [-0.15, -0.1) is 23.7 Å². The minimum absolute atomic E-state index is 0. The molecule has 2 aliphatic rings. The van der Waals surface area contributed by atoms with Gasteiger partial charge in [0.1, 0.15) is 0 Å². The number of rotatable bonds is 3. The van der Waals surface area contributed by atoms with E-state index in [2.05, 4.69) is 18.3 Å². The SMILES string of the molecule is CCCc1cc2c(s1)CN[C@@H]1CCc3cc(OC(C)=O)c(O)cc3[C@@H]21.Cl. The summed E-state index contributed by atoms with van der Waals surface area (Å²) in [5.41, 5.74) is 3.75. The first-order valence-electron chi connectivity index (χ1n) is 8.96. The van der Waals surface area contributed by atoms with Crippen LogP contribution < -0.4 is 10.1 Å². The van der Waals surface area contributed by atoms with Gasteiger partial charge in [-0.1, -0.05) is 13.3 Å². The van der Waals surface area contributed by atoms with Gasteiger partial charge in [0.15, 0.2) is 11.5 Å². The van der Waals surface area contributed by atoms with Gasteiger partial charge in [0, 0.05) is 35.2 Å². The Balaban J connectivity index is 0.00000196. The number of carbonyl (C=O) groups excluding carboxylic acids is 1. The maximum absolute atomic E-state index is 11.2. The van der Waals surface area contributed by atoms with Gasteiger partial charge in [-0.05, 0) is 54.2 Å². The number of halogens is 1. The number of carbonyl (C=O) groups is 1. The van der Waals surface area contributed by atoms with Crippen molar-refractivity contribution in [2.24, 2.45) is 0 Å². The molecular formula is C20H24ClNO3S. The lowest BCUT2D eigenvalue weighted by molar-refractivity contribution is -0.132. The van der Waals surface area contributed by atoms with Crippen LogP contribution in [-0.4, -0.2) is 17.1 Å². The number of nitrogens with one attached hydrogen (secondary N) is 1. The first kappa shape index (κ1) is 19.2. The number of phenolic OH excluding ortho intramolecular Hbond substituents is 1. The third kappa shape index (κ3) is 3.36. The van der Waals surface area contributed by atoms with Crippen LogP contribution in [0.25, 0.3) is 0 Å². The summed E-state index contributed by atoms with van der Waals surface area (Å²) < 4.78 is 5.15. The van der Waals surface area contributed by atoms with Crippen LogP contribution in [0.1, 0.15) is 59.1 Å². The number of fused-ring (bicyclic) bond motifs is 5. The molecule has 26 heavy (non-hydrogen) atoms. The fourth-order valence-corrected chi connectivity index (χ4v) is 5.43. The zero-order valence-corrected chi connectivity index (χ0v) is 16.6. The Kier molecular flexibility index (Phi) is 5.61.